The lowest BCUT2D eigenvalue weighted by Crippen LogP contribution is -2.37. The van der Waals surface area contributed by atoms with E-state index in [0.29, 0.717) is 37.6 Å². The number of hydrogen-bond acceptors (Lipinski definition) is 5. The summed E-state index contributed by atoms with van der Waals surface area (Å²) in [6, 6.07) is 0. The van der Waals surface area contributed by atoms with E-state index in [-0.39, 0.29) is 23.1 Å². The van der Waals surface area contributed by atoms with Crippen LogP contribution in [-0.2, 0) is 19.1 Å². The number of ketones is 1. The van der Waals surface area contributed by atoms with E-state index in [9.17, 15) is 9.59 Å². The van der Waals surface area contributed by atoms with Gasteiger partial charge in [-0.25, -0.2) is 4.79 Å². The Bertz CT molecular complexity index is 679. The van der Waals surface area contributed by atoms with Gasteiger partial charge in [-0.1, -0.05) is 47.1 Å². The summed E-state index contributed by atoms with van der Waals surface area (Å²) in [7, 11) is 0. The fourth-order valence-corrected chi connectivity index (χ4v) is 3.25. The van der Waals surface area contributed by atoms with Crippen molar-refractivity contribution in [3.05, 3.63) is 34.9 Å². The molecule has 1 aliphatic carbocycles. The first-order valence-electron chi connectivity index (χ1n) is 9.94. The largest absolute Gasteiger partial charge is 0.490 e. The number of fused-ring (bicyclic) bond motifs is 1. The molecule has 1 unspecified atom stereocenters. The van der Waals surface area contributed by atoms with Crippen molar-refractivity contribution < 1.29 is 19.1 Å². The van der Waals surface area contributed by atoms with Gasteiger partial charge >= 0.3 is 5.97 Å². The monoisotopic (exact) mass is 375 g/mol. The molecular formula is C22H33NO4. The zero-order valence-corrected chi connectivity index (χ0v) is 17.6. The number of carbonyl (C=O) groups is 2. The molecule has 0 spiro atoms. The molecule has 27 heavy (non-hydrogen) atoms. The van der Waals surface area contributed by atoms with Crippen LogP contribution in [0.2, 0.25) is 0 Å². The standard InChI is InChI=1S/C22H33NO4/c1-7-9-10-27-20-17-11-15(3)18(24)12-16(17)13-23(14-22(4,5)6)19(20)21(25)26-8-2/h11,13,15H,7-10,12,14H2,1-6H3. The number of Topliss-reactive ketones (excluding diaryl/α,β-unsaturated/α-hetero) is 1. The van der Waals surface area contributed by atoms with E-state index < -0.39 is 0 Å². The molecular weight excluding hydrogens is 342 g/mol. The van der Waals surface area contributed by atoms with Crippen LogP contribution in [0.4, 0.5) is 0 Å². The summed E-state index contributed by atoms with van der Waals surface area (Å²) >= 11 is 0. The Morgan fingerprint density at radius 2 is 2.00 bits per heavy atom. The molecule has 2 aliphatic rings. The summed E-state index contributed by atoms with van der Waals surface area (Å²) in [5, 5.41) is 0. The van der Waals surface area contributed by atoms with Crippen LogP contribution >= 0.6 is 0 Å². The Balaban J connectivity index is 2.56. The van der Waals surface area contributed by atoms with E-state index in [2.05, 4.69) is 27.7 Å². The van der Waals surface area contributed by atoms with Crippen molar-refractivity contribution in [3.63, 3.8) is 0 Å². The molecule has 0 bridgehead atoms. The molecule has 5 nitrogen and oxygen atoms in total. The predicted molar refractivity (Wildman–Crippen MR) is 106 cm³/mol. The van der Waals surface area contributed by atoms with Gasteiger partial charge in [0.15, 0.2) is 11.5 Å². The second kappa shape index (κ2) is 8.77. The van der Waals surface area contributed by atoms with Gasteiger partial charge in [0.1, 0.15) is 5.78 Å². The third kappa shape index (κ3) is 5.24. The Morgan fingerprint density at radius 1 is 1.30 bits per heavy atom. The molecule has 1 heterocycles. The van der Waals surface area contributed by atoms with Gasteiger partial charge < -0.3 is 14.4 Å². The quantitative estimate of drug-likeness (QED) is 0.489. The minimum atomic E-state index is -0.381. The number of allylic oxidation sites excluding steroid dienone is 2. The molecule has 0 saturated carbocycles. The van der Waals surface area contributed by atoms with Gasteiger partial charge in [-0.15, -0.1) is 0 Å². The summed E-state index contributed by atoms with van der Waals surface area (Å²) < 4.78 is 11.5. The SMILES string of the molecule is CCCCOC1=C(C(=O)OCC)N(CC(C)(C)C)C=C2CC(=O)C(C)C=C21. The van der Waals surface area contributed by atoms with Gasteiger partial charge in [-0.3, -0.25) is 4.79 Å². The molecule has 0 amide bonds. The topological polar surface area (TPSA) is 55.8 Å². The number of rotatable bonds is 7. The Labute approximate surface area is 163 Å². The fourth-order valence-electron chi connectivity index (χ4n) is 3.25. The first-order valence-corrected chi connectivity index (χ1v) is 9.94. The normalized spacial score (nSPS) is 20.1. The summed E-state index contributed by atoms with van der Waals surface area (Å²) in [5.74, 6) is 0.185. The van der Waals surface area contributed by atoms with Crippen LogP contribution in [0, 0.1) is 11.3 Å². The number of nitrogens with zero attached hydrogens (tertiary/aromatic N) is 1. The molecule has 0 saturated heterocycles. The molecule has 0 N–H and O–H groups in total. The van der Waals surface area contributed by atoms with Crippen LogP contribution in [0.1, 0.15) is 60.8 Å². The first-order chi connectivity index (χ1) is 12.7. The average molecular weight is 376 g/mol. The van der Waals surface area contributed by atoms with Crippen molar-refractivity contribution in [1.82, 2.24) is 4.90 Å². The van der Waals surface area contributed by atoms with Crippen molar-refractivity contribution in [2.24, 2.45) is 11.3 Å². The van der Waals surface area contributed by atoms with E-state index in [1.165, 1.54) is 0 Å². The highest BCUT2D eigenvalue weighted by Crippen LogP contribution is 2.39. The van der Waals surface area contributed by atoms with E-state index in [1.807, 2.05) is 24.1 Å². The van der Waals surface area contributed by atoms with Crippen molar-refractivity contribution in [1.29, 1.82) is 0 Å². The van der Waals surface area contributed by atoms with Crippen molar-refractivity contribution in [2.45, 2.75) is 60.8 Å². The number of esters is 1. The van der Waals surface area contributed by atoms with Crippen LogP contribution in [0.25, 0.3) is 0 Å². The highest BCUT2D eigenvalue weighted by Gasteiger charge is 2.36. The number of unbranched alkanes of at least 4 members (excludes halogenated alkanes) is 1. The molecule has 5 heteroatoms. The third-order valence-electron chi connectivity index (χ3n) is 4.55. The third-order valence-corrected chi connectivity index (χ3v) is 4.55. The van der Waals surface area contributed by atoms with Crippen LogP contribution in [0.15, 0.2) is 34.9 Å². The molecule has 2 rings (SSSR count). The lowest BCUT2D eigenvalue weighted by Gasteiger charge is -2.37. The molecule has 0 radical (unpaired) electrons. The second-order valence-electron chi connectivity index (χ2n) is 8.46. The molecule has 0 fully saturated rings. The van der Waals surface area contributed by atoms with Crippen LogP contribution in [-0.4, -0.2) is 36.4 Å². The maximum absolute atomic E-state index is 12.8. The molecule has 1 atom stereocenters. The first kappa shape index (κ1) is 21.3. The maximum Gasteiger partial charge on any atom is 0.358 e. The number of hydrogen-bond donors (Lipinski definition) is 0. The van der Waals surface area contributed by atoms with Gasteiger partial charge in [-0.05, 0) is 24.3 Å². The minimum absolute atomic E-state index is 0.0451. The average Bonchev–Trinajstić information content (AvgIpc) is 2.55. The summed E-state index contributed by atoms with van der Waals surface area (Å²) in [6.45, 7) is 13.6. The van der Waals surface area contributed by atoms with E-state index in [4.69, 9.17) is 9.47 Å². The smallest absolute Gasteiger partial charge is 0.358 e. The van der Waals surface area contributed by atoms with Gasteiger partial charge in [0.25, 0.3) is 0 Å². The summed E-state index contributed by atoms with van der Waals surface area (Å²) in [6.07, 6.45) is 6.13. The van der Waals surface area contributed by atoms with E-state index in [1.54, 1.807) is 6.92 Å². The molecule has 0 aromatic carbocycles. The Morgan fingerprint density at radius 3 is 2.59 bits per heavy atom. The van der Waals surface area contributed by atoms with Gasteiger partial charge in [-0.2, -0.15) is 0 Å². The fraction of sp³-hybridized carbons (Fsp3) is 0.636. The Kier molecular flexibility index (Phi) is 6.90. The zero-order chi connectivity index (χ0) is 20.2. The maximum atomic E-state index is 12.8. The van der Waals surface area contributed by atoms with Crippen molar-refractivity contribution in [3.8, 4) is 0 Å². The van der Waals surface area contributed by atoms with E-state index >= 15 is 0 Å². The summed E-state index contributed by atoms with van der Waals surface area (Å²) in [5.41, 5.74) is 2.18. The second-order valence-corrected chi connectivity index (χ2v) is 8.46. The van der Waals surface area contributed by atoms with E-state index in [0.717, 1.165) is 24.0 Å². The minimum Gasteiger partial charge on any atom is -0.490 e. The van der Waals surface area contributed by atoms with Gasteiger partial charge in [0.2, 0.25) is 0 Å². The highest BCUT2D eigenvalue weighted by molar-refractivity contribution is 5.93. The number of ether oxygens (including phenoxy) is 2. The molecule has 150 valence electrons. The predicted octanol–water partition coefficient (Wildman–Crippen LogP) is 4.36. The highest BCUT2D eigenvalue weighted by atomic mass is 16.5. The van der Waals surface area contributed by atoms with Crippen molar-refractivity contribution >= 4 is 11.8 Å². The van der Waals surface area contributed by atoms with Gasteiger partial charge in [0, 0.05) is 30.7 Å². The zero-order valence-electron chi connectivity index (χ0n) is 17.6. The Hall–Kier alpha value is -2.04. The van der Waals surface area contributed by atoms with Crippen LogP contribution in [0.3, 0.4) is 0 Å². The summed E-state index contributed by atoms with van der Waals surface area (Å²) in [4.78, 5) is 27.0. The molecule has 0 aromatic rings. The molecule has 1 aliphatic heterocycles. The van der Waals surface area contributed by atoms with Crippen molar-refractivity contribution in [2.75, 3.05) is 19.8 Å². The van der Waals surface area contributed by atoms with Crippen LogP contribution in [0.5, 0.6) is 0 Å². The lowest BCUT2D eigenvalue weighted by molar-refractivity contribution is -0.140. The number of carbonyl (C=O) groups excluding carboxylic acids is 2. The van der Waals surface area contributed by atoms with Gasteiger partial charge in [0.05, 0.1) is 13.2 Å². The lowest BCUT2D eigenvalue weighted by atomic mass is 9.83. The molecule has 0 aromatic heterocycles. The van der Waals surface area contributed by atoms with Crippen LogP contribution < -0.4 is 0 Å².